The van der Waals surface area contributed by atoms with Gasteiger partial charge in [0.1, 0.15) is 6.04 Å². The molecule has 9 nitrogen and oxygen atoms in total. The Labute approximate surface area is 198 Å². The molecule has 2 aromatic rings. The Balaban J connectivity index is 1.58. The van der Waals surface area contributed by atoms with Crippen LogP contribution in [0.4, 0.5) is 5.69 Å². The summed E-state index contributed by atoms with van der Waals surface area (Å²) in [5.74, 6) is -1.55. The number of carbonyl (C=O) groups excluding carboxylic acids is 3. The first-order valence-electron chi connectivity index (χ1n) is 11.2. The fraction of sp³-hybridized carbons (Fsp3) is 0.375. The van der Waals surface area contributed by atoms with Crippen molar-refractivity contribution in [3.63, 3.8) is 0 Å². The highest BCUT2D eigenvalue weighted by molar-refractivity contribution is 7.89. The zero-order valence-electron chi connectivity index (χ0n) is 19.1. The van der Waals surface area contributed by atoms with Crippen LogP contribution in [0.25, 0.3) is 0 Å². The standard InChI is InChI=1S/C24H27N3O6S/c1-16(2)14-21(27-23(29)19-8-3-4-9-20(19)24(27)30)22(28)25-17-6-5-7-18(15-17)34(31,32)26-10-12-33-13-11-26/h3-9,15-16,21H,10-14H2,1-2H3,(H,25,28)/t21-/m0/s1. The van der Waals surface area contributed by atoms with Crippen molar-refractivity contribution in [2.24, 2.45) is 5.92 Å². The van der Waals surface area contributed by atoms with Gasteiger partial charge in [0, 0.05) is 18.8 Å². The third-order valence-corrected chi connectivity index (χ3v) is 7.74. The Bertz CT molecular complexity index is 1190. The first-order valence-corrected chi connectivity index (χ1v) is 12.6. The summed E-state index contributed by atoms with van der Waals surface area (Å²) in [6.45, 7) is 4.96. The highest BCUT2D eigenvalue weighted by Crippen LogP contribution is 2.28. The molecule has 0 aliphatic carbocycles. The average molecular weight is 486 g/mol. The molecule has 0 spiro atoms. The molecular formula is C24H27N3O6S. The molecule has 180 valence electrons. The molecule has 0 saturated carbocycles. The van der Waals surface area contributed by atoms with Gasteiger partial charge < -0.3 is 10.1 Å². The van der Waals surface area contributed by atoms with Crippen molar-refractivity contribution in [2.75, 3.05) is 31.6 Å². The summed E-state index contributed by atoms with van der Waals surface area (Å²) in [5.41, 5.74) is 0.810. The van der Waals surface area contributed by atoms with Gasteiger partial charge in [-0.1, -0.05) is 32.0 Å². The summed E-state index contributed by atoms with van der Waals surface area (Å²) in [4.78, 5) is 40.3. The quantitative estimate of drug-likeness (QED) is 0.603. The number of sulfonamides is 1. The third kappa shape index (κ3) is 4.61. The maximum Gasteiger partial charge on any atom is 0.262 e. The lowest BCUT2D eigenvalue weighted by molar-refractivity contribution is -0.120. The van der Waals surface area contributed by atoms with Gasteiger partial charge in [0.15, 0.2) is 0 Å². The van der Waals surface area contributed by atoms with Crippen molar-refractivity contribution >= 4 is 33.4 Å². The number of carbonyl (C=O) groups is 3. The van der Waals surface area contributed by atoms with Gasteiger partial charge in [0.2, 0.25) is 15.9 Å². The molecule has 2 heterocycles. The molecule has 34 heavy (non-hydrogen) atoms. The molecule has 0 radical (unpaired) electrons. The van der Waals surface area contributed by atoms with E-state index in [1.807, 2.05) is 13.8 Å². The van der Waals surface area contributed by atoms with E-state index in [1.54, 1.807) is 36.4 Å². The van der Waals surface area contributed by atoms with Gasteiger partial charge in [-0.2, -0.15) is 4.31 Å². The first-order chi connectivity index (χ1) is 16.2. The van der Waals surface area contributed by atoms with Crippen LogP contribution >= 0.6 is 0 Å². The molecule has 1 N–H and O–H groups in total. The molecule has 2 aliphatic rings. The second kappa shape index (κ2) is 9.65. The van der Waals surface area contributed by atoms with Gasteiger partial charge in [-0.3, -0.25) is 19.3 Å². The Kier molecular flexibility index (Phi) is 6.83. The van der Waals surface area contributed by atoms with Gasteiger partial charge in [0.05, 0.1) is 29.2 Å². The smallest absolute Gasteiger partial charge is 0.262 e. The molecule has 2 aliphatic heterocycles. The van der Waals surface area contributed by atoms with Gasteiger partial charge >= 0.3 is 0 Å². The minimum Gasteiger partial charge on any atom is -0.379 e. The zero-order valence-corrected chi connectivity index (χ0v) is 19.9. The number of hydrogen-bond donors (Lipinski definition) is 1. The molecule has 0 unspecified atom stereocenters. The van der Waals surface area contributed by atoms with E-state index in [2.05, 4.69) is 5.32 Å². The topological polar surface area (TPSA) is 113 Å². The lowest BCUT2D eigenvalue weighted by atomic mass is 10.0. The monoisotopic (exact) mass is 485 g/mol. The second-order valence-electron chi connectivity index (χ2n) is 8.70. The summed E-state index contributed by atoms with van der Waals surface area (Å²) in [6.07, 6.45) is 0.267. The first kappa shape index (κ1) is 24.1. The number of anilines is 1. The molecular weight excluding hydrogens is 458 g/mol. The minimum absolute atomic E-state index is 0.0214. The highest BCUT2D eigenvalue weighted by Gasteiger charge is 2.42. The van der Waals surface area contributed by atoms with Crippen molar-refractivity contribution in [1.29, 1.82) is 0 Å². The molecule has 10 heteroatoms. The number of imide groups is 1. The molecule has 4 rings (SSSR count). The summed E-state index contributed by atoms with van der Waals surface area (Å²) in [5, 5.41) is 2.71. The molecule has 0 aromatic heterocycles. The molecule has 0 bridgehead atoms. The number of benzene rings is 2. The Morgan fingerprint density at radius 2 is 1.62 bits per heavy atom. The van der Waals surface area contributed by atoms with Crippen LogP contribution in [0.3, 0.4) is 0 Å². The lowest BCUT2D eigenvalue weighted by Crippen LogP contribution is -2.48. The number of nitrogens with zero attached hydrogens (tertiary/aromatic N) is 2. The Hall–Kier alpha value is -3.08. The minimum atomic E-state index is -3.75. The predicted octanol–water partition coefficient (Wildman–Crippen LogP) is 2.36. The molecule has 1 fully saturated rings. The number of rotatable bonds is 7. The fourth-order valence-electron chi connectivity index (χ4n) is 4.16. The van der Waals surface area contributed by atoms with E-state index in [0.29, 0.717) is 13.2 Å². The van der Waals surface area contributed by atoms with Crippen molar-refractivity contribution in [3.8, 4) is 0 Å². The zero-order chi connectivity index (χ0) is 24.5. The summed E-state index contributed by atoms with van der Waals surface area (Å²) < 4.78 is 32.5. The van der Waals surface area contributed by atoms with E-state index in [0.717, 1.165) is 4.90 Å². The molecule has 1 atom stereocenters. The Morgan fingerprint density at radius 3 is 2.21 bits per heavy atom. The van der Waals surface area contributed by atoms with Gasteiger partial charge in [0.25, 0.3) is 11.8 Å². The SMILES string of the molecule is CC(C)C[C@@H](C(=O)Nc1cccc(S(=O)(=O)N2CCOCC2)c1)N1C(=O)c2ccccc2C1=O. The van der Waals surface area contributed by atoms with E-state index >= 15 is 0 Å². The number of morpholine rings is 1. The van der Waals surface area contributed by atoms with Crippen LogP contribution in [0, 0.1) is 5.92 Å². The predicted molar refractivity (Wildman–Crippen MR) is 125 cm³/mol. The van der Waals surface area contributed by atoms with E-state index in [-0.39, 0.29) is 47.1 Å². The van der Waals surface area contributed by atoms with Gasteiger partial charge in [-0.25, -0.2) is 8.42 Å². The third-order valence-electron chi connectivity index (χ3n) is 5.84. The summed E-state index contributed by atoms with van der Waals surface area (Å²) >= 11 is 0. The van der Waals surface area contributed by atoms with Crippen molar-refractivity contribution < 1.29 is 27.5 Å². The highest BCUT2D eigenvalue weighted by atomic mass is 32.2. The number of fused-ring (bicyclic) bond motifs is 1. The Morgan fingerprint density at radius 1 is 1.00 bits per heavy atom. The molecule has 3 amide bonds. The normalized spacial score (nSPS) is 17.7. The number of ether oxygens (including phenoxy) is 1. The summed E-state index contributed by atoms with van der Waals surface area (Å²) in [7, 11) is -3.75. The van der Waals surface area contributed by atoms with E-state index in [4.69, 9.17) is 4.74 Å². The number of amides is 3. The van der Waals surface area contributed by atoms with Crippen molar-refractivity contribution in [2.45, 2.75) is 31.2 Å². The summed E-state index contributed by atoms with van der Waals surface area (Å²) in [6, 6.07) is 11.4. The fourth-order valence-corrected chi connectivity index (χ4v) is 5.62. The molecule has 2 aromatic carbocycles. The lowest BCUT2D eigenvalue weighted by Gasteiger charge is -2.27. The largest absolute Gasteiger partial charge is 0.379 e. The van der Waals surface area contributed by atoms with Crippen molar-refractivity contribution in [1.82, 2.24) is 9.21 Å². The van der Waals surface area contributed by atoms with Gasteiger partial charge in [-0.15, -0.1) is 0 Å². The van der Waals surface area contributed by atoms with E-state index in [1.165, 1.54) is 16.4 Å². The number of hydrogen-bond acceptors (Lipinski definition) is 6. The van der Waals surface area contributed by atoms with Crippen LogP contribution < -0.4 is 5.32 Å². The van der Waals surface area contributed by atoms with Crippen molar-refractivity contribution in [3.05, 3.63) is 59.7 Å². The average Bonchev–Trinajstić information content (AvgIpc) is 3.08. The molecule has 1 saturated heterocycles. The van der Waals surface area contributed by atoms with Crippen LogP contribution in [0.1, 0.15) is 41.0 Å². The van der Waals surface area contributed by atoms with Crippen LogP contribution in [0.15, 0.2) is 53.4 Å². The maximum atomic E-state index is 13.3. The van der Waals surface area contributed by atoms with Crippen LogP contribution in [-0.2, 0) is 19.6 Å². The maximum absolute atomic E-state index is 13.3. The second-order valence-corrected chi connectivity index (χ2v) is 10.6. The van der Waals surface area contributed by atoms with Gasteiger partial charge in [-0.05, 0) is 42.7 Å². The number of nitrogens with one attached hydrogen (secondary N) is 1. The van der Waals surface area contributed by atoms with E-state index < -0.39 is 33.8 Å². The van der Waals surface area contributed by atoms with Crippen LogP contribution in [0.5, 0.6) is 0 Å². The van der Waals surface area contributed by atoms with E-state index in [9.17, 15) is 22.8 Å². The van der Waals surface area contributed by atoms with Crippen LogP contribution in [0.2, 0.25) is 0 Å². The van der Waals surface area contributed by atoms with Crippen LogP contribution in [-0.4, -0.2) is 67.7 Å².